The first-order chi connectivity index (χ1) is 6.36. The van der Waals surface area contributed by atoms with E-state index < -0.39 is 29.2 Å². The molecule has 0 bridgehead atoms. The molecule has 0 fully saturated rings. The summed E-state index contributed by atoms with van der Waals surface area (Å²) in [6, 6.07) is -1.26. The Morgan fingerprint density at radius 1 is 1.07 bits per heavy atom. The molecule has 1 atom stereocenters. The molecule has 5 N–H and O–H groups in total. The molecule has 0 aliphatic rings. The summed E-state index contributed by atoms with van der Waals surface area (Å²) in [5.74, 6) is -4.62. The van der Waals surface area contributed by atoms with Crippen LogP contribution in [0.4, 0.5) is 0 Å². The molecular formula is C6H9NO6S. The maximum Gasteiger partial charge on any atom is 0.328 e. The second-order valence-electron chi connectivity index (χ2n) is 2.33. The summed E-state index contributed by atoms with van der Waals surface area (Å²) in [5.41, 5.74) is 5.06. The van der Waals surface area contributed by atoms with Gasteiger partial charge in [-0.05, 0) is 0 Å². The van der Waals surface area contributed by atoms with Crippen LogP contribution in [-0.2, 0) is 14.4 Å². The highest BCUT2D eigenvalue weighted by atomic mass is 32.2. The molecule has 0 saturated heterocycles. The highest BCUT2D eigenvalue weighted by molar-refractivity contribution is 8.01. The summed E-state index contributed by atoms with van der Waals surface area (Å²) >= 11 is 0.469. The van der Waals surface area contributed by atoms with Crippen LogP contribution >= 0.6 is 11.8 Å². The van der Waals surface area contributed by atoms with Crippen LogP contribution in [-0.4, -0.2) is 50.3 Å². The normalized spacial score (nSPS) is 12.4. The fourth-order valence-electron chi connectivity index (χ4n) is 0.519. The van der Waals surface area contributed by atoms with E-state index >= 15 is 0 Å². The number of carbonyl (C=O) groups is 3. The fourth-order valence-corrected chi connectivity index (χ4v) is 1.35. The van der Waals surface area contributed by atoms with Gasteiger partial charge in [0, 0.05) is 5.75 Å². The third-order valence-electron chi connectivity index (χ3n) is 1.21. The largest absolute Gasteiger partial charge is 0.480 e. The molecular weight excluding hydrogens is 214 g/mol. The Balaban J connectivity index is 4.14. The van der Waals surface area contributed by atoms with Crippen LogP contribution in [0.2, 0.25) is 0 Å². The molecule has 14 heavy (non-hydrogen) atoms. The molecule has 0 radical (unpaired) electrons. The minimum Gasteiger partial charge on any atom is -0.480 e. The van der Waals surface area contributed by atoms with Gasteiger partial charge in [0.05, 0.1) is 0 Å². The average Bonchev–Trinajstić information content (AvgIpc) is 2.02. The van der Waals surface area contributed by atoms with Crippen molar-refractivity contribution in [3.05, 3.63) is 0 Å². The Kier molecular flexibility index (Phi) is 4.95. The van der Waals surface area contributed by atoms with Crippen LogP contribution in [0.5, 0.6) is 0 Å². The van der Waals surface area contributed by atoms with Crippen molar-refractivity contribution in [2.45, 2.75) is 11.3 Å². The first-order valence-corrected chi connectivity index (χ1v) is 4.46. The van der Waals surface area contributed by atoms with Gasteiger partial charge in [0.15, 0.2) is 5.25 Å². The number of carboxylic acids is 3. The van der Waals surface area contributed by atoms with Gasteiger partial charge in [0.2, 0.25) is 0 Å². The summed E-state index contributed by atoms with van der Waals surface area (Å²) in [6.45, 7) is 0. The molecule has 8 heteroatoms. The zero-order chi connectivity index (χ0) is 11.3. The fraction of sp³-hybridized carbons (Fsp3) is 0.500. The zero-order valence-corrected chi connectivity index (χ0v) is 7.73. The number of aliphatic carboxylic acids is 3. The first kappa shape index (κ1) is 12.7. The van der Waals surface area contributed by atoms with Gasteiger partial charge in [-0.15, -0.1) is 11.8 Å². The zero-order valence-electron chi connectivity index (χ0n) is 6.91. The summed E-state index contributed by atoms with van der Waals surface area (Å²) in [7, 11) is 0. The van der Waals surface area contributed by atoms with Crippen molar-refractivity contribution in [2.24, 2.45) is 5.73 Å². The third-order valence-corrected chi connectivity index (χ3v) is 2.50. The molecule has 0 rings (SSSR count). The van der Waals surface area contributed by atoms with Crippen molar-refractivity contribution in [1.29, 1.82) is 0 Å². The molecule has 0 aromatic carbocycles. The van der Waals surface area contributed by atoms with Crippen molar-refractivity contribution in [2.75, 3.05) is 5.75 Å². The van der Waals surface area contributed by atoms with Gasteiger partial charge in [-0.3, -0.25) is 14.4 Å². The van der Waals surface area contributed by atoms with E-state index in [-0.39, 0.29) is 5.75 Å². The monoisotopic (exact) mass is 223 g/mol. The summed E-state index contributed by atoms with van der Waals surface area (Å²) in [5, 5.41) is 23.5. The first-order valence-electron chi connectivity index (χ1n) is 3.42. The molecule has 0 aromatic rings. The summed E-state index contributed by atoms with van der Waals surface area (Å²) < 4.78 is 0. The molecule has 0 saturated carbocycles. The van der Waals surface area contributed by atoms with E-state index in [0.717, 1.165) is 0 Å². The standard InChI is InChI=1S/C6H9NO6S/c7-2(4(8)9)1-14-3(5(10)11)6(12)13/h2-3H,1,7H2,(H,8,9)(H,10,11)(H,12,13). The molecule has 0 spiro atoms. The Morgan fingerprint density at radius 3 is 1.79 bits per heavy atom. The van der Waals surface area contributed by atoms with Crippen molar-refractivity contribution < 1.29 is 29.7 Å². The van der Waals surface area contributed by atoms with Crippen LogP contribution in [0.25, 0.3) is 0 Å². The summed E-state index contributed by atoms with van der Waals surface area (Å²) in [4.78, 5) is 30.9. The number of carboxylic acid groups (broad SMARTS) is 3. The number of nitrogens with two attached hydrogens (primary N) is 1. The Bertz CT molecular complexity index is 241. The van der Waals surface area contributed by atoms with E-state index in [9.17, 15) is 14.4 Å². The smallest absolute Gasteiger partial charge is 0.328 e. The molecule has 0 aliphatic heterocycles. The van der Waals surface area contributed by atoms with Crippen LogP contribution in [0, 0.1) is 0 Å². The highest BCUT2D eigenvalue weighted by Gasteiger charge is 2.27. The molecule has 1 unspecified atom stereocenters. The minimum absolute atomic E-state index is 0.265. The van der Waals surface area contributed by atoms with Gasteiger partial charge < -0.3 is 21.1 Å². The second-order valence-corrected chi connectivity index (χ2v) is 3.47. The van der Waals surface area contributed by atoms with Crippen molar-refractivity contribution in [3.8, 4) is 0 Å². The third kappa shape index (κ3) is 4.10. The minimum atomic E-state index is -1.68. The van der Waals surface area contributed by atoms with E-state index in [1.54, 1.807) is 0 Å². The number of hydrogen-bond donors (Lipinski definition) is 4. The van der Waals surface area contributed by atoms with Gasteiger partial charge >= 0.3 is 17.9 Å². The Morgan fingerprint density at radius 2 is 1.50 bits per heavy atom. The van der Waals surface area contributed by atoms with E-state index in [1.807, 2.05) is 0 Å². The van der Waals surface area contributed by atoms with Gasteiger partial charge in [-0.25, -0.2) is 0 Å². The van der Waals surface area contributed by atoms with Gasteiger partial charge in [-0.1, -0.05) is 0 Å². The van der Waals surface area contributed by atoms with Gasteiger partial charge in [0.1, 0.15) is 6.04 Å². The van der Waals surface area contributed by atoms with Crippen molar-refractivity contribution in [1.82, 2.24) is 0 Å². The molecule has 0 amide bonds. The van der Waals surface area contributed by atoms with Crippen molar-refractivity contribution >= 4 is 29.7 Å². The van der Waals surface area contributed by atoms with Crippen LogP contribution in [0.1, 0.15) is 0 Å². The predicted octanol–water partition coefficient (Wildman–Crippen LogP) is -1.33. The molecule has 0 aliphatic carbocycles. The van der Waals surface area contributed by atoms with Crippen LogP contribution in [0.15, 0.2) is 0 Å². The van der Waals surface area contributed by atoms with E-state index in [2.05, 4.69) is 0 Å². The number of thioether (sulfide) groups is 1. The summed E-state index contributed by atoms with van der Waals surface area (Å²) in [6.07, 6.45) is 0. The maximum absolute atomic E-state index is 10.3. The highest BCUT2D eigenvalue weighted by Crippen LogP contribution is 2.12. The Hall–Kier alpha value is -1.28. The lowest BCUT2D eigenvalue weighted by Gasteiger charge is -2.09. The van der Waals surface area contributed by atoms with Crippen molar-refractivity contribution in [3.63, 3.8) is 0 Å². The quantitative estimate of drug-likeness (QED) is 0.406. The maximum atomic E-state index is 10.3. The van der Waals surface area contributed by atoms with E-state index in [4.69, 9.17) is 21.1 Å². The topological polar surface area (TPSA) is 138 Å². The molecule has 7 nitrogen and oxygen atoms in total. The van der Waals surface area contributed by atoms with Gasteiger partial charge in [-0.2, -0.15) is 0 Å². The Labute approximate surface area is 82.9 Å². The average molecular weight is 223 g/mol. The second kappa shape index (κ2) is 5.45. The van der Waals surface area contributed by atoms with E-state index in [0.29, 0.717) is 11.8 Å². The van der Waals surface area contributed by atoms with Crippen LogP contribution in [0.3, 0.4) is 0 Å². The molecule has 80 valence electrons. The van der Waals surface area contributed by atoms with Crippen LogP contribution < -0.4 is 5.73 Å². The SMILES string of the molecule is NC(CSC(C(=O)O)C(=O)O)C(=O)O. The lowest BCUT2D eigenvalue weighted by atomic mass is 10.4. The van der Waals surface area contributed by atoms with Gasteiger partial charge in [0.25, 0.3) is 0 Å². The molecule has 0 aromatic heterocycles. The number of rotatable bonds is 6. The molecule has 0 heterocycles. The lowest BCUT2D eigenvalue weighted by Crippen LogP contribution is -2.35. The lowest BCUT2D eigenvalue weighted by molar-refractivity contribution is -0.146. The van der Waals surface area contributed by atoms with E-state index in [1.165, 1.54) is 0 Å². The predicted molar refractivity (Wildman–Crippen MR) is 47.1 cm³/mol. The number of hydrogen-bond acceptors (Lipinski definition) is 5.